The van der Waals surface area contributed by atoms with Crippen LogP contribution in [0.2, 0.25) is 0 Å². The summed E-state index contributed by atoms with van der Waals surface area (Å²) in [6.45, 7) is 0. The zero-order valence-corrected chi connectivity index (χ0v) is 8.80. The molecule has 0 spiro atoms. The second-order valence-electron chi connectivity index (χ2n) is 3.26. The van der Waals surface area contributed by atoms with Crippen molar-refractivity contribution in [3.8, 4) is 17.2 Å². The average molecular weight is 255 g/mol. The monoisotopic (exact) mass is 255 g/mol. The zero-order valence-electron chi connectivity index (χ0n) is 8.80. The second-order valence-corrected chi connectivity index (χ2v) is 3.26. The van der Waals surface area contributed by atoms with Crippen molar-refractivity contribution in [2.45, 2.75) is 0 Å². The lowest BCUT2D eigenvalue weighted by atomic mass is 9.99. The van der Waals surface area contributed by atoms with Crippen LogP contribution >= 0.6 is 0 Å². The van der Waals surface area contributed by atoms with Crippen LogP contribution in [0.5, 0.6) is 17.2 Å². The number of benzene rings is 1. The minimum atomic E-state index is -1.34. The van der Waals surface area contributed by atoms with E-state index in [1.807, 2.05) is 0 Å². The van der Waals surface area contributed by atoms with Gasteiger partial charge in [0.1, 0.15) is 33.9 Å². The molecule has 0 atom stereocenters. The molecule has 1 rings (SSSR count). The smallest absolute Gasteiger partial charge is 0.256 e. The predicted molar refractivity (Wildman–Crippen MR) is 57.0 cm³/mol. The quantitative estimate of drug-likeness (QED) is 0.365. The normalized spacial score (nSPS) is 10.0. The van der Waals surface area contributed by atoms with Crippen molar-refractivity contribution in [1.29, 1.82) is 0 Å². The summed E-state index contributed by atoms with van der Waals surface area (Å²) in [6, 6.07) is 0. The van der Waals surface area contributed by atoms with E-state index >= 15 is 0 Å². The van der Waals surface area contributed by atoms with Gasteiger partial charge in [-0.3, -0.25) is 14.4 Å². The van der Waals surface area contributed by atoms with E-state index in [1.54, 1.807) is 0 Å². The van der Waals surface area contributed by atoms with Crippen LogP contribution in [0.25, 0.3) is 0 Å². The molecule has 0 bridgehead atoms. The maximum absolute atomic E-state index is 11.0. The Morgan fingerprint density at radius 1 is 0.611 bits per heavy atom. The molecule has 18 heavy (non-hydrogen) atoms. The van der Waals surface area contributed by atoms with Crippen LogP contribution in [0.3, 0.4) is 0 Å². The third-order valence-electron chi connectivity index (χ3n) is 2.16. The summed E-state index contributed by atoms with van der Waals surface area (Å²) in [5.41, 5.74) is 11.8. The highest BCUT2D eigenvalue weighted by Crippen LogP contribution is 2.41. The highest BCUT2D eigenvalue weighted by molar-refractivity contribution is 6.12. The van der Waals surface area contributed by atoms with Crippen molar-refractivity contribution in [1.82, 2.24) is 0 Å². The standard InChI is InChI=1S/C9H9N3O6/c10-7(16)1-4(13)2(8(11)17)6(15)3(5(1)14)9(12)18/h13-15H,(H2,10,16)(H2,11,17)(H2,12,18). The van der Waals surface area contributed by atoms with Gasteiger partial charge >= 0.3 is 0 Å². The van der Waals surface area contributed by atoms with Crippen molar-refractivity contribution in [3.63, 3.8) is 0 Å². The van der Waals surface area contributed by atoms with Crippen LogP contribution in [0.15, 0.2) is 0 Å². The molecular formula is C9H9N3O6. The predicted octanol–water partition coefficient (Wildman–Crippen LogP) is -1.90. The van der Waals surface area contributed by atoms with Crippen molar-refractivity contribution < 1.29 is 29.7 Å². The molecule has 9 heteroatoms. The molecule has 0 heterocycles. The van der Waals surface area contributed by atoms with Crippen molar-refractivity contribution >= 4 is 17.7 Å². The molecule has 0 saturated heterocycles. The van der Waals surface area contributed by atoms with Gasteiger partial charge in [-0.25, -0.2) is 0 Å². The van der Waals surface area contributed by atoms with Crippen LogP contribution in [0.4, 0.5) is 0 Å². The van der Waals surface area contributed by atoms with Crippen LogP contribution in [-0.4, -0.2) is 33.0 Å². The van der Waals surface area contributed by atoms with Crippen LogP contribution < -0.4 is 17.2 Å². The van der Waals surface area contributed by atoms with E-state index in [9.17, 15) is 29.7 Å². The number of hydrogen-bond donors (Lipinski definition) is 6. The fourth-order valence-corrected chi connectivity index (χ4v) is 1.41. The summed E-state index contributed by atoms with van der Waals surface area (Å²) in [5, 5.41) is 28.6. The van der Waals surface area contributed by atoms with Gasteiger partial charge in [-0.15, -0.1) is 0 Å². The molecular weight excluding hydrogens is 246 g/mol. The van der Waals surface area contributed by atoms with Gasteiger partial charge in [-0.05, 0) is 0 Å². The fourth-order valence-electron chi connectivity index (χ4n) is 1.41. The molecule has 0 unspecified atom stereocenters. The number of amides is 3. The summed E-state index contributed by atoms with van der Waals surface area (Å²) in [5.74, 6) is -7.40. The third-order valence-corrected chi connectivity index (χ3v) is 2.16. The van der Waals surface area contributed by atoms with E-state index < -0.39 is 51.7 Å². The average Bonchev–Trinajstić information content (AvgIpc) is 2.14. The summed E-state index contributed by atoms with van der Waals surface area (Å²) >= 11 is 0. The number of rotatable bonds is 3. The van der Waals surface area contributed by atoms with Gasteiger partial charge in [0.15, 0.2) is 0 Å². The summed E-state index contributed by atoms with van der Waals surface area (Å²) in [7, 11) is 0. The van der Waals surface area contributed by atoms with Gasteiger partial charge in [0.2, 0.25) is 0 Å². The first-order chi connectivity index (χ1) is 8.20. The Morgan fingerprint density at radius 3 is 0.889 bits per heavy atom. The highest BCUT2D eigenvalue weighted by atomic mass is 16.3. The first kappa shape index (κ1) is 13.1. The Kier molecular flexibility index (Phi) is 3.00. The van der Waals surface area contributed by atoms with Crippen LogP contribution in [-0.2, 0) is 0 Å². The van der Waals surface area contributed by atoms with Crippen LogP contribution in [0, 0.1) is 0 Å². The zero-order chi connectivity index (χ0) is 14.2. The molecule has 0 aromatic heterocycles. The maximum atomic E-state index is 11.0. The molecule has 0 aliphatic carbocycles. The minimum absolute atomic E-state index is 0.935. The molecule has 0 saturated carbocycles. The third kappa shape index (κ3) is 1.73. The molecule has 96 valence electrons. The van der Waals surface area contributed by atoms with Crippen molar-refractivity contribution in [3.05, 3.63) is 16.7 Å². The molecule has 0 radical (unpaired) electrons. The summed E-state index contributed by atoms with van der Waals surface area (Å²) in [4.78, 5) is 33.1. The first-order valence-electron chi connectivity index (χ1n) is 4.40. The Balaban J connectivity index is 3.94. The van der Waals surface area contributed by atoms with Gasteiger partial charge in [-0.1, -0.05) is 0 Å². The topological polar surface area (TPSA) is 190 Å². The number of carbonyl (C=O) groups is 3. The lowest BCUT2D eigenvalue weighted by Crippen LogP contribution is -2.21. The number of nitrogens with two attached hydrogens (primary N) is 3. The lowest BCUT2D eigenvalue weighted by molar-refractivity contribution is 0.0991. The fraction of sp³-hybridized carbons (Fsp3) is 0. The highest BCUT2D eigenvalue weighted by Gasteiger charge is 2.31. The largest absolute Gasteiger partial charge is 0.506 e. The molecule has 9 N–H and O–H groups in total. The second kappa shape index (κ2) is 4.13. The number of carbonyl (C=O) groups excluding carboxylic acids is 3. The number of hydrogen-bond acceptors (Lipinski definition) is 6. The van der Waals surface area contributed by atoms with E-state index in [2.05, 4.69) is 0 Å². The molecule has 0 aliphatic heterocycles. The van der Waals surface area contributed by atoms with E-state index in [0.29, 0.717) is 0 Å². The van der Waals surface area contributed by atoms with E-state index in [4.69, 9.17) is 17.2 Å². The van der Waals surface area contributed by atoms with Gasteiger partial charge in [0.25, 0.3) is 17.7 Å². The Labute approximate surface area is 99.4 Å². The number of aromatic hydroxyl groups is 3. The Morgan fingerprint density at radius 2 is 0.778 bits per heavy atom. The lowest BCUT2D eigenvalue weighted by Gasteiger charge is -2.13. The summed E-state index contributed by atoms with van der Waals surface area (Å²) in [6.07, 6.45) is 0. The minimum Gasteiger partial charge on any atom is -0.506 e. The van der Waals surface area contributed by atoms with Crippen molar-refractivity contribution in [2.75, 3.05) is 0 Å². The Hall–Kier alpha value is -2.97. The molecule has 1 aromatic rings. The van der Waals surface area contributed by atoms with Crippen molar-refractivity contribution in [2.24, 2.45) is 17.2 Å². The number of primary amides is 3. The van der Waals surface area contributed by atoms with E-state index in [0.717, 1.165) is 0 Å². The number of phenols is 3. The van der Waals surface area contributed by atoms with Gasteiger partial charge in [-0.2, -0.15) is 0 Å². The Bertz CT molecular complexity index is 478. The van der Waals surface area contributed by atoms with Gasteiger partial charge in [0.05, 0.1) is 0 Å². The molecule has 0 aliphatic rings. The van der Waals surface area contributed by atoms with E-state index in [1.165, 1.54) is 0 Å². The SMILES string of the molecule is NC(=O)c1c(O)c(C(N)=O)c(O)c(C(N)=O)c1O. The summed E-state index contributed by atoms with van der Waals surface area (Å²) < 4.78 is 0. The molecule has 0 fully saturated rings. The first-order valence-corrected chi connectivity index (χ1v) is 4.40. The maximum Gasteiger partial charge on any atom is 0.256 e. The van der Waals surface area contributed by atoms with Gasteiger partial charge in [0, 0.05) is 0 Å². The molecule has 9 nitrogen and oxygen atoms in total. The molecule has 1 aromatic carbocycles. The molecule has 3 amide bonds. The van der Waals surface area contributed by atoms with E-state index in [-0.39, 0.29) is 0 Å². The van der Waals surface area contributed by atoms with Crippen LogP contribution in [0.1, 0.15) is 31.1 Å². The van der Waals surface area contributed by atoms with Gasteiger partial charge < -0.3 is 32.5 Å².